The van der Waals surface area contributed by atoms with Gasteiger partial charge in [-0.2, -0.15) is 0 Å². The maximum Gasteiger partial charge on any atom is 0.194 e. The number of benzene rings is 25. The van der Waals surface area contributed by atoms with E-state index in [9.17, 15) is 9.59 Å². The van der Waals surface area contributed by atoms with E-state index in [4.69, 9.17) is 0 Å². The van der Waals surface area contributed by atoms with E-state index in [0.717, 1.165) is 75.8 Å². The van der Waals surface area contributed by atoms with Gasteiger partial charge in [0.2, 0.25) is 0 Å². The lowest BCUT2D eigenvalue weighted by Gasteiger charge is -2.16. The van der Waals surface area contributed by atoms with Crippen molar-refractivity contribution in [3.8, 4) is 0 Å². The van der Waals surface area contributed by atoms with E-state index in [2.05, 4.69) is 322 Å². The SMILES string of the molecule is O=C1C=Cc2cc3cc4cc5cc6cc7cc8cc9c(cc8cc7cc6cc5cc4cc3cc2=C1)C(=O)c1cc2cc3cc4cc5ccc6cc7cc8cc%10cc%11cc%12cc%13cc%14cc%15cc%16cc%17cc%18cc%19ccccc%19cc%18cc%17cc%16cc%15cc%14cc%13cc%12cc%11cc%10cc8cc7cc6c5cc4cc3cc2cc1C=9. The summed E-state index contributed by atoms with van der Waals surface area (Å²) in [5.41, 5.74) is 3.50. The first-order valence-corrected chi connectivity index (χ1v) is 38.8. The minimum atomic E-state index is 0.0271. The van der Waals surface area contributed by atoms with Crippen molar-refractivity contribution in [2.45, 2.75) is 0 Å². The van der Waals surface area contributed by atoms with Crippen molar-refractivity contribution in [3.63, 3.8) is 0 Å². The number of carbonyl (C=O) groups is 2. The number of carbonyl (C=O) groups excluding carboxylic acids is 2. The first-order chi connectivity index (χ1) is 55.0. The second-order valence-corrected chi connectivity index (χ2v) is 32.6. The Morgan fingerprint density at radius 2 is 0.357 bits per heavy atom. The molecule has 0 spiro atoms. The predicted octanol–water partition coefficient (Wildman–Crippen LogP) is 28.0. The highest BCUT2D eigenvalue weighted by molar-refractivity contribution is 6.24. The highest BCUT2D eigenvalue weighted by atomic mass is 16.1. The quantitative estimate of drug-likeness (QED) is 0.112. The monoisotopic (exact) mass is 1410 g/mol. The van der Waals surface area contributed by atoms with Gasteiger partial charge >= 0.3 is 0 Å². The Balaban J connectivity index is 0.506. The van der Waals surface area contributed by atoms with E-state index in [0.29, 0.717) is 0 Å². The van der Waals surface area contributed by atoms with Crippen LogP contribution in [0.4, 0.5) is 0 Å². The Hall–Kier alpha value is -14.7. The molecule has 0 atom stereocenters. The van der Waals surface area contributed by atoms with E-state index >= 15 is 0 Å². The standard InChI is InChI=1S/C110H56O2/c111-105-8-7-59-11-64-16-69-21-73-25-86-38-90-42-96-49-103-51-104-50-97-43-95-46-100-54-107-61(13-66(100)18-92(95)47-101(97)55-108(104)110(112)109(103)56-102(96)48-94(90)41-89(86)37-85(73)35-87(69)39-91(64)44-98(59)52-105)6-5-60-12-65-17-70-22-74-26-77-29-80-32-81-30-78-27-75-23-71-19-67-14-62-9-57-3-1-2-4-58(57)10-63(62)15-68(67)20-72(71)24-76(75)28-79(78)31-82(81)33-83(80)34-84(77)36-88(74)40-93(70)45-99(65)53-106(60)107/h1-56H. The maximum atomic E-state index is 14.8. The Morgan fingerprint density at radius 3 is 0.652 bits per heavy atom. The molecule has 2 aliphatic rings. The van der Waals surface area contributed by atoms with E-state index in [1.807, 2.05) is 6.08 Å². The summed E-state index contributed by atoms with van der Waals surface area (Å²) in [4.78, 5) is 27.0. The number of rotatable bonds is 0. The number of hydrogen-bond acceptors (Lipinski definition) is 2. The minimum absolute atomic E-state index is 0.0271. The molecule has 0 heterocycles. The molecule has 0 bridgehead atoms. The lowest BCUT2D eigenvalue weighted by Crippen LogP contribution is -2.21. The van der Waals surface area contributed by atoms with Crippen LogP contribution in [0.1, 0.15) is 27.0 Å². The molecular weight excluding hydrogens is 1350 g/mol. The number of ketones is 2. The van der Waals surface area contributed by atoms with E-state index in [-0.39, 0.29) is 11.6 Å². The van der Waals surface area contributed by atoms with E-state index in [1.165, 1.54) is 205 Å². The predicted molar refractivity (Wildman–Crippen MR) is 480 cm³/mol. The smallest absolute Gasteiger partial charge is 0.194 e. The van der Waals surface area contributed by atoms with Crippen LogP contribution < -0.4 is 10.4 Å². The van der Waals surface area contributed by atoms with Gasteiger partial charge in [-0.05, 0) is 567 Å². The van der Waals surface area contributed by atoms with Gasteiger partial charge in [-0.15, -0.1) is 0 Å². The van der Waals surface area contributed by atoms with Crippen LogP contribution in [0.2, 0.25) is 0 Å². The summed E-state index contributed by atoms with van der Waals surface area (Å²) in [5.74, 6) is 0.0868. The Kier molecular flexibility index (Phi) is 11.2. The van der Waals surface area contributed by atoms with E-state index < -0.39 is 0 Å². The van der Waals surface area contributed by atoms with Crippen LogP contribution in [0.15, 0.2) is 322 Å². The highest BCUT2D eigenvalue weighted by Crippen LogP contribution is 2.43. The van der Waals surface area contributed by atoms with Crippen LogP contribution >= 0.6 is 0 Å². The van der Waals surface area contributed by atoms with Gasteiger partial charge in [0.05, 0.1) is 0 Å². The van der Waals surface area contributed by atoms with Gasteiger partial charge in [-0.1, -0.05) is 42.5 Å². The average molecular weight is 1410 g/mol. The third-order valence-electron chi connectivity index (χ3n) is 25.8. The normalized spacial score (nSPS) is 13.3. The van der Waals surface area contributed by atoms with Crippen LogP contribution in [0, 0.1) is 0 Å². The molecule has 2 nitrogen and oxygen atoms in total. The van der Waals surface area contributed by atoms with Gasteiger partial charge in [0.15, 0.2) is 11.6 Å². The first kappa shape index (κ1) is 59.4. The summed E-state index contributed by atoms with van der Waals surface area (Å²) in [6.45, 7) is 0. The van der Waals surface area contributed by atoms with Crippen molar-refractivity contribution < 1.29 is 9.59 Å². The van der Waals surface area contributed by atoms with Gasteiger partial charge in [-0.3, -0.25) is 9.59 Å². The van der Waals surface area contributed by atoms with Crippen molar-refractivity contribution in [1.29, 1.82) is 0 Å². The Bertz CT molecular complexity index is 9230. The lowest BCUT2D eigenvalue weighted by atomic mass is 9.86. The molecule has 25 aromatic rings. The molecule has 0 amide bonds. The van der Waals surface area contributed by atoms with Gasteiger partial charge in [0.25, 0.3) is 0 Å². The van der Waals surface area contributed by atoms with Gasteiger partial charge in [-0.25, -0.2) is 0 Å². The zero-order valence-corrected chi connectivity index (χ0v) is 60.1. The van der Waals surface area contributed by atoms with Crippen LogP contribution in [-0.2, 0) is 4.79 Å². The fourth-order valence-corrected chi connectivity index (χ4v) is 20.1. The molecule has 2 aliphatic carbocycles. The number of fused-ring (bicyclic) bond motifs is 27. The molecule has 0 fully saturated rings. The third kappa shape index (κ3) is 8.80. The van der Waals surface area contributed by atoms with Crippen LogP contribution in [0.25, 0.3) is 266 Å². The van der Waals surface area contributed by atoms with Crippen LogP contribution in [-0.4, -0.2) is 11.6 Å². The van der Waals surface area contributed by atoms with Crippen LogP contribution in [0.3, 0.4) is 0 Å². The molecule has 0 unspecified atom stereocenters. The molecule has 25 aromatic carbocycles. The maximum absolute atomic E-state index is 14.8. The summed E-state index contributed by atoms with van der Waals surface area (Å²) in [7, 11) is 0. The zero-order valence-electron chi connectivity index (χ0n) is 60.1. The molecule has 0 aromatic heterocycles. The topological polar surface area (TPSA) is 34.1 Å². The molecule has 0 saturated carbocycles. The second-order valence-electron chi connectivity index (χ2n) is 32.6. The van der Waals surface area contributed by atoms with Crippen molar-refractivity contribution in [1.82, 2.24) is 0 Å². The Morgan fingerprint density at radius 1 is 0.143 bits per heavy atom. The van der Waals surface area contributed by atoms with Crippen LogP contribution in [0.5, 0.6) is 0 Å². The Labute approximate surface area is 637 Å². The van der Waals surface area contributed by atoms with Crippen molar-refractivity contribution in [2.75, 3.05) is 0 Å². The fourth-order valence-electron chi connectivity index (χ4n) is 20.1. The molecular formula is C110H56O2. The molecule has 0 saturated heterocycles. The number of hydrogen-bond donors (Lipinski definition) is 0. The third-order valence-corrected chi connectivity index (χ3v) is 25.8. The molecule has 0 N–H and O–H groups in total. The summed E-state index contributed by atoms with van der Waals surface area (Å²) < 4.78 is 0. The van der Waals surface area contributed by atoms with Gasteiger partial charge in [0.1, 0.15) is 0 Å². The summed E-state index contributed by atoms with van der Waals surface area (Å²) in [5, 5.41) is 57.7. The average Bonchev–Trinajstić information content (AvgIpc) is 0.740. The van der Waals surface area contributed by atoms with Crippen molar-refractivity contribution in [3.05, 3.63) is 354 Å². The molecule has 112 heavy (non-hydrogen) atoms. The molecule has 0 aliphatic heterocycles. The zero-order chi connectivity index (χ0) is 72.8. The number of allylic oxidation sites excluding steroid dienone is 1. The minimum Gasteiger partial charge on any atom is -0.290 e. The summed E-state index contributed by atoms with van der Waals surface area (Å²) in [6, 6.07) is 120. The molecule has 27 rings (SSSR count). The summed E-state index contributed by atoms with van der Waals surface area (Å²) in [6.07, 6.45) is 7.50. The largest absolute Gasteiger partial charge is 0.290 e. The van der Waals surface area contributed by atoms with E-state index in [1.54, 1.807) is 12.2 Å². The molecule has 0 radical (unpaired) electrons. The second kappa shape index (κ2) is 21.2. The van der Waals surface area contributed by atoms with Crippen molar-refractivity contribution in [2.24, 2.45) is 0 Å². The first-order valence-electron chi connectivity index (χ1n) is 38.8. The lowest BCUT2D eigenvalue weighted by molar-refractivity contribution is -0.109. The highest BCUT2D eigenvalue weighted by Gasteiger charge is 2.22. The van der Waals surface area contributed by atoms with Crippen molar-refractivity contribution >= 4 is 278 Å². The molecule has 508 valence electrons. The molecule has 2 heteroatoms. The fraction of sp³-hybridized carbons (Fsp3) is 0. The van der Waals surface area contributed by atoms with Gasteiger partial charge in [0, 0.05) is 11.1 Å². The summed E-state index contributed by atoms with van der Waals surface area (Å²) >= 11 is 0. The van der Waals surface area contributed by atoms with Gasteiger partial charge < -0.3 is 0 Å².